The van der Waals surface area contributed by atoms with E-state index in [0.717, 1.165) is 11.1 Å². The molecule has 2 aromatic carbocycles. The molecule has 2 rings (SSSR count). The third-order valence-corrected chi connectivity index (χ3v) is 4.39. The highest BCUT2D eigenvalue weighted by molar-refractivity contribution is 9.08. The molecule has 0 aromatic heterocycles. The van der Waals surface area contributed by atoms with Crippen molar-refractivity contribution in [3.8, 4) is 11.5 Å². The van der Waals surface area contributed by atoms with Crippen molar-refractivity contribution in [2.45, 2.75) is 11.9 Å². The van der Waals surface area contributed by atoms with E-state index in [-0.39, 0.29) is 0 Å². The number of halogens is 4. The molecule has 0 aliphatic rings. The number of ether oxygens (including phenoxy) is 2. The Balaban J connectivity index is 2.24. The Bertz CT molecular complexity index is 622. The molecule has 2 aromatic rings. The Morgan fingerprint density at radius 1 is 1.05 bits per heavy atom. The lowest BCUT2D eigenvalue weighted by Crippen LogP contribution is -2.00. The summed E-state index contributed by atoms with van der Waals surface area (Å²) in [5, 5.41) is 2.23. The second-order valence-electron chi connectivity index (χ2n) is 4.27. The molecule has 0 spiro atoms. The lowest BCUT2D eigenvalue weighted by molar-refractivity contribution is 0.282. The molecule has 0 atom stereocenters. The van der Waals surface area contributed by atoms with Crippen molar-refractivity contribution in [3.63, 3.8) is 0 Å². The van der Waals surface area contributed by atoms with Gasteiger partial charge in [-0.2, -0.15) is 0 Å². The van der Waals surface area contributed by atoms with Gasteiger partial charge in [-0.15, -0.1) is 0 Å². The van der Waals surface area contributed by atoms with Crippen molar-refractivity contribution in [2.75, 3.05) is 7.11 Å². The second-order valence-corrected chi connectivity index (χ2v) is 6.08. The lowest BCUT2D eigenvalue weighted by atomic mass is 10.2. The normalized spacial score (nSPS) is 10.5. The lowest BCUT2D eigenvalue weighted by Gasteiger charge is -2.15. The van der Waals surface area contributed by atoms with Gasteiger partial charge in [0, 0.05) is 22.0 Å². The zero-order valence-corrected chi connectivity index (χ0v) is 15.0. The van der Waals surface area contributed by atoms with Gasteiger partial charge >= 0.3 is 0 Å². The number of hydrogen-bond acceptors (Lipinski definition) is 2. The van der Waals surface area contributed by atoms with E-state index in [1.54, 1.807) is 25.3 Å². The highest BCUT2D eigenvalue weighted by Gasteiger charge is 2.12. The fraction of sp³-hybridized carbons (Fsp3) is 0.200. The number of rotatable bonds is 5. The van der Waals surface area contributed by atoms with Crippen molar-refractivity contribution < 1.29 is 9.47 Å². The zero-order valence-electron chi connectivity index (χ0n) is 11.1. The van der Waals surface area contributed by atoms with E-state index >= 15 is 0 Å². The maximum absolute atomic E-state index is 6.05. The van der Waals surface area contributed by atoms with Crippen LogP contribution in [0.1, 0.15) is 11.1 Å². The second kappa shape index (κ2) is 7.59. The molecule has 2 nitrogen and oxygen atoms in total. The Labute approximate surface area is 147 Å². The van der Waals surface area contributed by atoms with Gasteiger partial charge in [0.2, 0.25) is 0 Å². The fourth-order valence-electron chi connectivity index (χ4n) is 1.82. The molecule has 0 aliphatic carbocycles. The standard InChI is InChI=1S/C15H12BrCl3O2/c1-20-14-6-11(17)5-10(7-16)15(14)21-8-9-2-3-12(18)13(19)4-9/h2-6H,7-8H2,1H3. The van der Waals surface area contributed by atoms with Gasteiger partial charge in [0.15, 0.2) is 11.5 Å². The molecule has 0 N–H and O–H groups in total. The summed E-state index contributed by atoms with van der Waals surface area (Å²) in [7, 11) is 1.58. The first-order valence-electron chi connectivity index (χ1n) is 6.04. The van der Waals surface area contributed by atoms with Crippen LogP contribution in [0, 0.1) is 0 Å². The number of methoxy groups -OCH3 is 1. The van der Waals surface area contributed by atoms with E-state index in [1.807, 2.05) is 12.1 Å². The highest BCUT2D eigenvalue weighted by Crippen LogP contribution is 2.36. The molecule has 0 aliphatic heterocycles. The first-order valence-corrected chi connectivity index (χ1v) is 8.29. The monoisotopic (exact) mass is 408 g/mol. The molecule has 0 fully saturated rings. The van der Waals surface area contributed by atoms with Crippen molar-refractivity contribution >= 4 is 50.7 Å². The number of benzene rings is 2. The third-order valence-electron chi connectivity index (χ3n) is 2.83. The van der Waals surface area contributed by atoms with Crippen LogP contribution in [0.5, 0.6) is 11.5 Å². The van der Waals surface area contributed by atoms with Crippen molar-refractivity contribution in [2.24, 2.45) is 0 Å². The first-order chi connectivity index (χ1) is 10.0. The summed E-state index contributed by atoms with van der Waals surface area (Å²) in [5.74, 6) is 1.25. The van der Waals surface area contributed by atoms with E-state index in [2.05, 4.69) is 15.9 Å². The summed E-state index contributed by atoms with van der Waals surface area (Å²) in [5.41, 5.74) is 1.83. The van der Waals surface area contributed by atoms with Crippen molar-refractivity contribution in [1.29, 1.82) is 0 Å². The Morgan fingerprint density at radius 2 is 1.81 bits per heavy atom. The van der Waals surface area contributed by atoms with Crippen LogP contribution >= 0.6 is 50.7 Å². The van der Waals surface area contributed by atoms with Crippen molar-refractivity contribution in [1.82, 2.24) is 0 Å². The van der Waals surface area contributed by atoms with Crippen LogP contribution < -0.4 is 9.47 Å². The van der Waals surface area contributed by atoms with Crippen LogP contribution in [0.25, 0.3) is 0 Å². The molecule has 0 saturated heterocycles. The zero-order chi connectivity index (χ0) is 15.4. The molecule has 0 radical (unpaired) electrons. The average Bonchev–Trinajstić information content (AvgIpc) is 2.48. The van der Waals surface area contributed by atoms with Crippen LogP contribution in [-0.2, 0) is 11.9 Å². The Hall–Kier alpha value is -0.610. The van der Waals surface area contributed by atoms with Gasteiger partial charge in [-0.1, -0.05) is 56.8 Å². The molecule has 112 valence electrons. The van der Waals surface area contributed by atoms with Crippen LogP contribution in [0.4, 0.5) is 0 Å². The molecule has 0 saturated carbocycles. The van der Waals surface area contributed by atoms with E-state index < -0.39 is 0 Å². The van der Waals surface area contributed by atoms with Crippen molar-refractivity contribution in [3.05, 3.63) is 56.5 Å². The maximum Gasteiger partial charge on any atom is 0.165 e. The summed E-state index contributed by atoms with van der Waals surface area (Å²) in [6.07, 6.45) is 0. The number of hydrogen-bond donors (Lipinski definition) is 0. The third kappa shape index (κ3) is 4.19. The summed E-state index contributed by atoms with van der Waals surface area (Å²) in [4.78, 5) is 0. The average molecular weight is 411 g/mol. The molecule has 0 bridgehead atoms. The molecule has 0 amide bonds. The Morgan fingerprint density at radius 3 is 2.43 bits per heavy atom. The largest absolute Gasteiger partial charge is 0.493 e. The van der Waals surface area contributed by atoms with Gasteiger partial charge in [-0.3, -0.25) is 0 Å². The van der Waals surface area contributed by atoms with E-state index in [1.165, 1.54) is 0 Å². The van der Waals surface area contributed by atoms with E-state index in [9.17, 15) is 0 Å². The van der Waals surface area contributed by atoms with Gasteiger partial charge in [-0.25, -0.2) is 0 Å². The van der Waals surface area contributed by atoms with Crippen LogP contribution in [0.15, 0.2) is 30.3 Å². The smallest absolute Gasteiger partial charge is 0.165 e. The van der Waals surface area contributed by atoms with Gasteiger partial charge < -0.3 is 9.47 Å². The van der Waals surface area contributed by atoms with Gasteiger partial charge in [0.25, 0.3) is 0 Å². The van der Waals surface area contributed by atoms with Crippen LogP contribution in [0.2, 0.25) is 15.1 Å². The molecular formula is C15H12BrCl3O2. The van der Waals surface area contributed by atoms with Gasteiger partial charge in [0.1, 0.15) is 6.61 Å². The molecule has 6 heteroatoms. The van der Waals surface area contributed by atoms with E-state index in [4.69, 9.17) is 44.3 Å². The molecule has 21 heavy (non-hydrogen) atoms. The van der Waals surface area contributed by atoms with Gasteiger partial charge in [-0.05, 0) is 23.8 Å². The number of alkyl halides is 1. The molecule has 0 unspecified atom stereocenters. The Kier molecular flexibility index (Phi) is 6.06. The quantitative estimate of drug-likeness (QED) is 0.552. The van der Waals surface area contributed by atoms with E-state index in [0.29, 0.717) is 38.5 Å². The predicted molar refractivity (Wildman–Crippen MR) is 91.4 cm³/mol. The highest BCUT2D eigenvalue weighted by atomic mass is 79.9. The first kappa shape index (κ1) is 16.8. The SMILES string of the molecule is COc1cc(Cl)cc(CBr)c1OCc1ccc(Cl)c(Cl)c1. The summed E-state index contributed by atoms with van der Waals surface area (Å²) >= 11 is 21.4. The molecule has 0 heterocycles. The topological polar surface area (TPSA) is 18.5 Å². The summed E-state index contributed by atoms with van der Waals surface area (Å²) < 4.78 is 11.2. The minimum atomic E-state index is 0.356. The maximum atomic E-state index is 6.05. The summed E-state index contributed by atoms with van der Waals surface area (Å²) in [6, 6.07) is 8.94. The fourth-order valence-corrected chi connectivity index (χ4v) is 2.79. The minimum Gasteiger partial charge on any atom is -0.493 e. The van der Waals surface area contributed by atoms with Crippen LogP contribution in [-0.4, -0.2) is 7.11 Å². The van der Waals surface area contributed by atoms with Gasteiger partial charge in [0.05, 0.1) is 17.2 Å². The predicted octanol–water partition coefficient (Wildman–Crippen LogP) is 6.13. The minimum absolute atomic E-state index is 0.356. The summed E-state index contributed by atoms with van der Waals surface area (Å²) in [6.45, 7) is 0.356. The molecular weight excluding hydrogens is 398 g/mol. The van der Waals surface area contributed by atoms with Crippen LogP contribution in [0.3, 0.4) is 0 Å².